The number of nitrogens with two attached hydrogens (primary N) is 1. The summed E-state index contributed by atoms with van der Waals surface area (Å²) < 4.78 is 0. The summed E-state index contributed by atoms with van der Waals surface area (Å²) in [6.45, 7) is 0. The zero-order valence-electron chi connectivity index (χ0n) is 5.41. The number of anilines is 1. The molecule has 1 heterocycles. The van der Waals surface area contributed by atoms with Crippen LogP contribution in [0.3, 0.4) is 0 Å². The Morgan fingerprint density at radius 2 is 2.50 bits per heavy atom. The molecule has 0 aliphatic carbocycles. The van der Waals surface area contributed by atoms with Crippen molar-refractivity contribution < 1.29 is 0 Å². The number of nitrogen functional groups attached to an aromatic ring is 1. The molecule has 0 saturated heterocycles. The van der Waals surface area contributed by atoms with E-state index in [0.717, 1.165) is 0 Å². The van der Waals surface area contributed by atoms with E-state index in [1.165, 1.54) is 0 Å². The van der Waals surface area contributed by atoms with Gasteiger partial charge in [0, 0.05) is 6.20 Å². The molecule has 1 rings (SSSR count). The number of nitriles is 1. The standard InChI is InChI=1S/C7H7N3/c8-4-3-7-6(9)2-1-5-10-7/h1-2,5H,3,9H2. The second-order valence-corrected chi connectivity index (χ2v) is 1.87. The Balaban J connectivity index is 2.94. The smallest absolute Gasteiger partial charge is 0.0795 e. The Morgan fingerprint density at radius 1 is 1.70 bits per heavy atom. The third kappa shape index (κ3) is 1.23. The fourth-order valence-electron chi connectivity index (χ4n) is 0.673. The molecule has 10 heavy (non-hydrogen) atoms. The van der Waals surface area contributed by atoms with Gasteiger partial charge < -0.3 is 5.73 Å². The molecule has 0 aliphatic heterocycles. The molecule has 0 unspecified atom stereocenters. The van der Waals surface area contributed by atoms with Gasteiger partial charge in [0.1, 0.15) is 0 Å². The van der Waals surface area contributed by atoms with E-state index in [-0.39, 0.29) is 6.42 Å². The van der Waals surface area contributed by atoms with Gasteiger partial charge in [0.05, 0.1) is 23.9 Å². The van der Waals surface area contributed by atoms with Gasteiger partial charge >= 0.3 is 0 Å². The second-order valence-electron chi connectivity index (χ2n) is 1.87. The fourth-order valence-corrected chi connectivity index (χ4v) is 0.673. The van der Waals surface area contributed by atoms with Crippen LogP contribution in [0.5, 0.6) is 0 Å². The number of hydrogen-bond donors (Lipinski definition) is 1. The normalized spacial score (nSPS) is 8.70. The van der Waals surface area contributed by atoms with Crippen molar-refractivity contribution in [3.63, 3.8) is 0 Å². The van der Waals surface area contributed by atoms with Crippen LogP contribution < -0.4 is 5.73 Å². The maximum absolute atomic E-state index is 8.30. The van der Waals surface area contributed by atoms with Crippen molar-refractivity contribution in [3.8, 4) is 6.07 Å². The maximum atomic E-state index is 8.30. The van der Waals surface area contributed by atoms with E-state index < -0.39 is 0 Å². The first-order chi connectivity index (χ1) is 4.84. The van der Waals surface area contributed by atoms with E-state index in [4.69, 9.17) is 11.0 Å². The lowest BCUT2D eigenvalue weighted by Crippen LogP contribution is -1.95. The van der Waals surface area contributed by atoms with Crippen LogP contribution in [0.4, 0.5) is 5.69 Å². The van der Waals surface area contributed by atoms with E-state index in [0.29, 0.717) is 11.4 Å². The van der Waals surface area contributed by atoms with Crippen LogP contribution in [-0.4, -0.2) is 4.98 Å². The van der Waals surface area contributed by atoms with E-state index in [2.05, 4.69) is 4.98 Å². The number of aromatic nitrogens is 1. The van der Waals surface area contributed by atoms with Crippen molar-refractivity contribution in [2.45, 2.75) is 6.42 Å². The largest absolute Gasteiger partial charge is 0.397 e. The van der Waals surface area contributed by atoms with E-state index in [1.807, 2.05) is 6.07 Å². The highest BCUT2D eigenvalue weighted by atomic mass is 14.7. The number of pyridine rings is 1. The zero-order valence-corrected chi connectivity index (χ0v) is 5.41. The van der Waals surface area contributed by atoms with E-state index in [9.17, 15) is 0 Å². The Morgan fingerprint density at radius 3 is 3.10 bits per heavy atom. The highest BCUT2D eigenvalue weighted by Crippen LogP contribution is 2.05. The Kier molecular flexibility index (Phi) is 1.86. The summed E-state index contributed by atoms with van der Waals surface area (Å²) in [6, 6.07) is 5.46. The molecule has 0 aliphatic rings. The lowest BCUT2D eigenvalue weighted by Gasteiger charge is -1.96. The predicted molar refractivity (Wildman–Crippen MR) is 38.0 cm³/mol. The van der Waals surface area contributed by atoms with Gasteiger partial charge in [0.2, 0.25) is 0 Å². The van der Waals surface area contributed by atoms with Crippen molar-refractivity contribution in [3.05, 3.63) is 24.0 Å². The van der Waals surface area contributed by atoms with Gasteiger partial charge in [-0.15, -0.1) is 0 Å². The van der Waals surface area contributed by atoms with Crippen LogP contribution in [0.25, 0.3) is 0 Å². The summed E-state index contributed by atoms with van der Waals surface area (Å²) in [5, 5.41) is 8.30. The highest BCUT2D eigenvalue weighted by Gasteiger charge is 1.95. The topological polar surface area (TPSA) is 62.7 Å². The molecule has 1 aromatic heterocycles. The van der Waals surface area contributed by atoms with Gasteiger partial charge in [-0.2, -0.15) is 5.26 Å². The first-order valence-electron chi connectivity index (χ1n) is 2.91. The number of nitrogens with zero attached hydrogens (tertiary/aromatic N) is 2. The molecule has 1 aromatic rings. The molecule has 0 radical (unpaired) electrons. The van der Waals surface area contributed by atoms with Gasteiger partial charge in [-0.3, -0.25) is 4.98 Å². The predicted octanol–water partition coefficient (Wildman–Crippen LogP) is 0.730. The zero-order chi connectivity index (χ0) is 7.40. The third-order valence-electron chi connectivity index (χ3n) is 1.17. The second kappa shape index (κ2) is 2.83. The third-order valence-corrected chi connectivity index (χ3v) is 1.17. The summed E-state index contributed by atoms with van der Waals surface area (Å²) in [4.78, 5) is 3.92. The summed E-state index contributed by atoms with van der Waals surface area (Å²) in [5.41, 5.74) is 6.74. The molecule has 3 nitrogen and oxygen atoms in total. The summed E-state index contributed by atoms with van der Waals surface area (Å²) in [6.07, 6.45) is 1.91. The molecule has 0 saturated carbocycles. The molecule has 0 bridgehead atoms. The molecule has 50 valence electrons. The molecule has 0 aromatic carbocycles. The summed E-state index contributed by atoms with van der Waals surface area (Å²) in [7, 11) is 0. The molecule has 3 heteroatoms. The van der Waals surface area contributed by atoms with Crippen molar-refractivity contribution in [1.29, 1.82) is 5.26 Å². The summed E-state index contributed by atoms with van der Waals surface area (Å²) >= 11 is 0. The van der Waals surface area contributed by atoms with Gasteiger partial charge in [-0.25, -0.2) is 0 Å². The SMILES string of the molecule is N#CCc1ncccc1N. The average molecular weight is 133 g/mol. The monoisotopic (exact) mass is 133 g/mol. The lowest BCUT2D eigenvalue weighted by molar-refractivity contribution is 1.12. The molecule has 0 fully saturated rings. The van der Waals surface area contributed by atoms with Crippen molar-refractivity contribution >= 4 is 5.69 Å². The van der Waals surface area contributed by atoms with Gasteiger partial charge in [0.15, 0.2) is 0 Å². The molecular formula is C7H7N3. The molecular weight excluding hydrogens is 126 g/mol. The van der Waals surface area contributed by atoms with Crippen molar-refractivity contribution in [2.75, 3.05) is 5.73 Å². The van der Waals surface area contributed by atoms with Gasteiger partial charge in [0.25, 0.3) is 0 Å². The highest BCUT2D eigenvalue weighted by molar-refractivity contribution is 5.42. The van der Waals surface area contributed by atoms with E-state index in [1.54, 1.807) is 18.3 Å². The summed E-state index contributed by atoms with van der Waals surface area (Å²) in [5.74, 6) is 0. The Labute approximate surface area is 59.1 Å². The minimum Gasteiger partial charge on any atom is -0.397 e. The minimum atomic E-state index is 0.284. The minimum absolute atomic E-state index is 0.284. The van der Waals surface area contributed by atoms with Crippen LogP contribution in [-0.2, 0) is 6.42 Å². The molecule has 2 N–H and O–H groups in total. The Hall–Kier alpha value is -1.56. The van der Waals surface area contributed by atoms with Gasteiger partial charge in [-0.1, -0.05) is 0 Å². The van der Waals surface area contributed by atoms with Gasteiger partial charge in [-0.05, 0) is 12.1 Å². The quantitative estimate of drug-likeness (QED) is 0.614. The number of rotatable bonds is 1. The Bertz CT molecular complexity index is 262. The molecule has 0 amide bonds. The lowest BCUT2D eigenvalue weighted by atomic mass is 10.2. The molecule has 0 atom stereocenters. The first kappa shape index (κ1) is 6.56. The van der Waals surface area contributed by atoms with Crippen molar-refractivity contribution in [2.24, 2.45) is 0 Å². The average Bonchev–Trinajstić information content (AvgIpc) is 1.94. The van der Waals surface area contributed by atoms with Crippen LogP contribution in [0.15, 0.2) is 18.3 Å². The van der Waals surface area contributed by atoms with Crippen molar-refractivity contribution in [1.82, 2.24) is 4.98 Å². The first-order valence-corrected chi connectivity index (χ1v) is 2.91. The van der Waals surface area contributed by atoms with Crippen LogP contribution >= 0.6 is 0 Å². The fraction of sp³-hybridized carbons (Fsp3) is 0.143. The number of hydrogen-bond acceptors (Lipinski definition) is 3. The maximum Gasteiger partial charge on any atom is 0.0795 e. The van der Waals surface area contributed by atoms with Crippen LogP contribution in [0.2, 0.25) is 0 Å². The van der Waals surface area contributed by atoms with Crippen LogP contribution in [0.1, 0.15) is 5.69 Å². The molecule has 0 spiro atoms. The van der Waals surface area contributed by atoms with E-state index >= 15 is 0 Å². The van der Waals surface area contributed by atoms with Crippen LogP contribution in [0, 0.1) is 11.3 Å².